The van der Waals surface area contributed by atoms with Crippen molar-refractivity contribution < 1.29 is 19.8 Å². The molecule has 0 saturated heterocycles. The molecule has 16 heavy (non-hydrogen) atoms. The number of aromatic hydroxyl groups is 1. The number of Topliss-reactive ketones (excluding diaryl/α,β-unsaturated/α-hetero) is 1. The van der Waals surface area contributed by atoms with Crippen LogP contribution in [0.5, 0.6) is 5.75 Å². The molecule has 0 fully saturated rings. The third kappa shape index (κ3) is 3.14. The Kier molecular flexibility index (Phi) is 3.67. The number of phenols is 1. The van der Waals surface area contributed by atoms with E-state index in [-0.39, 0.29) is 23.5 Å². The number of hydrogen-bond acceptors (Lipinski definition) is 3. The highest BCUT2D eigenvalue weighted by molar-refractivity contribution is 5.97. The van der Waals surface area contributed by atoms with Crippen LogP contribution in [0.4, 0.5) is 0 Å². The molecule has 0 atom stereocenters. The summed E-state index contributed by atoms with van der Waals surface area (Å²) in [7, 11) is 0. The predicted octanol–water partition coefficient (Wildman–Crippen LogP) is 1.42. The summed E-state index contributed by atoms with van der Waals surface area (Å²) in [6.07, 6.45) is -0.254. The van der Waals surface area contributed by atoms with E-state index in [1.807, 2.05) is 0 Å². The number of carboxylic acid groups (broad SMARTS) is 1. The van der Waals surface area contributed by atoms with Gasteiger partial charge in [-0.1, -0.05) is 11.8 Å². The van der Waals surface area contributed by atoms with E-state index >= 15 is 0 Å². The molecule has 0 amide bonds. The number of benzene rings is 1. The van der Waals surface area contributed by atoms with Crippen molar-refractivity contribution in [1.29, 1.82) is 0 Å². The Morgan fingerprint density at radius 1 is 1.38 bits per heavy atom. The average molecular weight is 218 g/mol. The number of hydrogen-bond donors (Lipinski definition) is 2. The van der Waals surface area contributed by atoms with Gasteiger partial charge in [-0.15, -0.1) is 0 Å². The minimum Gasteiger partial charge on any atom is -0.507 e. The number of carboxylic acids is 1. The van der Waals surface area contributed by atoms with E-state index in [0.29, 0.717) is 5.56 Å². The summed E-state index contributed by atoms with van der Waals surface area (Å²) >= 11 is 0. The molecule has 0 unspecified atom stereocenters. The Labute approximate surface area is 92.5 Å². The fourth-order valence-corrected chi connectivity index (χ4v) is 1.12. The predicted molar refractivity (Wildman–Crippen MR) is 57.2 cm³/mol. The molecule has 4 heteroatoms. The number of rotatable bonds is 2. The van der Waals surface area contributed by atoms with Crippen molar-refractivity contribution in [1.82, 2.24) is 0 Å². The normalized spacial score (nSPS) is 9.06. The van der Waals surface area contributed by atoms with Crippen molar-refractivity contribution in [3.05, 3.63) is 29.3 Å². The summed E-state index contributed by atoms with van der Waals surface area (Å²) in [6.45, 7) is 1.34. The molecule has 1 rings (SSSR count). The smallest absolute Gasteiger partial charge is 0.315 e. The van der Waals surface area contributed by atoms with Gasteiger partial charge in [0.25, 0.3) is 0 Å². The van der Waals surface area contributed by atoms with Gasteiger partial charge in [-0.3, -0.25) is 9.59 Å². The zero-order chi connectivity index (χ0) is 12.1. The molecule has 0 aliphatic rings. The maximum atomic E-state index is 11.1. The molecule has 4 nitrogen and oxygen atoms in total. The highest BCUT2D eigenvalue weighted by atomic mass is 16.4. The third-order valence-corrected chi connectivity index (χ3v) is 1.85. The third-order valence-electron chi connectivity index (χ3n) is 1.85. The van der Waals surface area contributed by atoms with E-state index in [9.17, 15) is 14.7 Å². The first-order chi connectivity index (χ1) is 7.50. The van der Waals surface area contributed by atoms with Crippen molar-refractivity contribution in [2.24, 2.45) is 0 Å². The molecule has 0 aliphatic heterocycles. The Balaban J connectivity index is 2.98. The van der Waals surface area contributed by atoms with Crippen molar-refractivity contribution in [2.75, 3.05) is 0 Å². The van der Waals surface area contributed by atoms with Gasteiger partial charge in [0, 0.05) is 5.56 Å². The second-order valence-corrected chi connectivity index (χ2v) is 3.16. The van der Waals surface area contributed by atoms with E-state index in [4.69, 9.17) is 5.11 Å². The Morgan fingerprint density at radius 2 is 2.06 bits per heavy atom. The first-order valence-electron chi connectivity index (χ1n) is 4.55. The minimum absolute atomic E-state index is 0.101. The molecule has 2 N–H and O–H groups in total. The standard InChI is InChI=1S/C12H10O4/c1-8(13)10-7-9(5-6-11(10)14)3-2-4-12(15)16/h5-7,14H,4H2,1H3,(H,15,16). The molecule has 0 bridgehead atoms. The molecule has 0 heterocycles. The average Bonchev–Trinajstić information content (AvgIpc) is 2.19. The van der Waals surface area contributed by atoms with Gasteiger partial charge in [-0.05, 0) is 25.1 Å². The van der Waals surface area contributed by atoms with Crippen molar-refractivity contribution in [2.45, 2.75) is 13.3 Å². The summed E-state index contributed by atoms with van der Waals surface area (Å²) in [5, 5.41) is 17.7. The molecule has 82 valence electrons. The van der Waals surface area contributed by atoms with Crippen molar-refractivity contribution in [3.63, 3.8) is 0 Å². The zero-order valence-corrected chi connectivity index (χ0v) is 8.65. The molecular formula is C12H10O4. The summed E-state index contributed by atoms with van der Waals surface area (Å²) in [4.78, 5) is 21.3. The number of carbonyl (C=O) groups excluding carboxylic acids is 1. The Hall–Kier alpha value is -2.28. The van der Waals surface area contributed by atoms with Crippen LogP contribution in [0, 0.1) is 11.8 Å². The number of aliphatic carboxylic acids is 1. The van der Waals surface area contributed by atoms with Crippen LogP contribution in [0.15, 0.2) is 18.2 Å². The molecule has 1 aromatic carbocycles. The summed E-state index contributed by atoms with van der Waals surface area (Å²) in [5.41, 5.74) is 0.686. The van der Waals surface area contributed by atoms with Crippen LogP contribution in [0.1, 0.15) is 29.3 Å². The molecule has 0 radical (unpaired) electrons. The number of phenolic OH excluding ortho intramolecular Hbond substituents is 1. The quantitative estimate of drug-likeness (QED) is 0.581. The van der Waals surface area contributed by atoms with E-state index < -0.39 is 5.97 Å². The highest BCUT2D eigenvalue weighted by Gasteiger charge is 2.05. The molecule has 1 aromatic rings. The second kappa shape index (κ2) is 4.99. The fraction of sp³-hybridized carbons (Fsp3) is 0.167. The lowest BCUT2D eigenvalue weighted by Gasteiger charge is -2.00. The lowest BCUT2D eigenvalue weighted by Crippen LogP contribution is -1.94. The van der Waals surface area contributed by atoms with Gasteiger partial charge in [0.05, 0.1) is 5.56 Å². The van der Waals surface area contributed by atoms with Crippen LogP contribution in [-0.2, 0) is 4.79 Å². The van der Waals surface area contributed by atoms with E-state index in [1.165, 1.54) is 25.1 Å². The molecular weight excluding hydrogens is 208 g/mol. The largest absolute Gasteiger partial charge is 0.507 e. The Bertz CT molecular complexity index is 491. The lowest BCUT2D eigenvalue weighted by molar-refractivity contribution is -0.135. The number of ketones is 1. The topological polar surface area (TPSA) is 74.6 Å². The van der Waals surface area contributed by atoms with Crippen LogP contribution >= 0.6 is 0 Å². The van der Waals surface area contributed by atoms with Crippen LogP contribution in [0.2, 0.25) is 0 Å². The molecule has 0 spiro atoms. The number of carbonyl (C=O) groups is 2. The molecule has 0 aromatic heterocycles. The van der Waals surface area contributed by atoms with E-state index in [1.54, 1.807) is 0 Å². The second-order valence-electron chi connectivity index (χ2n) is 3.16. The van der Waals surface area contributed by atoms with E-state index in [0.717, 1.165) is 0 Å². The summed E-state index contributed by atoms with van der Waals surface area (Å²) in [6, 6.07) is 4.32. The summed E-state index contributed by atoms with van der Waals surface area (Å²) < 4.78 is 0. The fourth-order valence-electron chi connectivity index (χ4n) is 1.12. The van der Waals surface area contributed by atoms with Crippen LogP contribution in [0.25, 0.3) is 0 Å². The molecule has 0 saturated carbocycles. The summed E-state index contributed by atoms with van der Waals surface area (Å²) in [5.74, 6) is 3.68. The van der Waals surface area contributed by atoms with Gasteiger partial charge in [-0.25, -0.2) is 0 Å². The Morgan fingerprint density at radius 3 is 2.62 bits per heavy atom. The van der Waals surface area contributed by atoms with Crippen LogP contribution < -0.4 is 0 Å². The molecule has 0 aliphatic carbocycles. The van der Waals surface area contributed by atoms with Crippen molar-refractivity contribution >= 4 is 11.8 Å². The van der Waals surface area contributed by atoms with Crippen LogP contribution in [0.3, 0.4) is 0 Å². The van der Waals surface area contributed by atoms with Gasteiger partial charge in [0.15, 0.2) is 5.78 Å². The maximum absolute atomic E-state index is 11.1. The van der Waals surface area contributed by atoms with Crippen LogP contribution in [-0.4, -0.2) is 22.0 Å². The monoisotopic (exact) mass is 218 g/mol. The lowest BCUT2D eigenvalue weighted by atomic mass is 10.1. The maximum Gasteiger partial charge on any atom is 0.315 e. The SMILES string of the molecule is CC(=O)c1cc(C#CCC(=O)O)ccc1O. The van der Waals surface area contributed by atoms with Gasteiger partial charge >= 0.3 is 5.97 Å². The highest BCUT2D eigenvalue weighted by Crippen LogP contribution is 2.18. The van der Waals surface area contributed by atoms with Gasteiger partial charge < -0.3 is 10.2 Å². The minimum atomic E-state index is -1.00. The van der Waals surface area contributed by atoms with Gasteiger partial charge in [0.1, 0.15) is 12.2 Å². The first-order valence-corrected chi connectivity index (χ1v) is 4.55. The van der Waals surface area contributed by atoms with Crippen molar-refractivity contribution in [3.8, 4) is 17.6 Å². The zero-order valence-electron chi connectivity index (χ0n) is 8.65. The first kappa shape index (κ1) is 11.8. The van der Waals surface area contributed by atoms with Gasteiger partial charge in [-0.2, -0.15) is 0 Å². The van der Waals surface area contributed by atoms with E-state index in [2.05, 4.69) is 11.8 Å². The van der Waals surface area contributed by atoms with Gasteiger partial charge in [0.2, 0.25) is 0 Å².